The molecule has 0 aromatic carbocycles. The van der Waals surface area contributed by atoms with Crippen molar-refractivity contribution in [2.75, 3.05) is 13.1 Å². The molecule has 2 aliphatic rings. The fourth-order valence-corrected chi connectivity index (χ4v) is 4.79. The van der Waals surface area contributed by atoms with E-state index in [1.165, 1.54) is 4.52 Å². The van der Waals surface area contributed by atoms with Gasteiger partial charge < -0.3 is 9.47 Å². The van der Waals surface area contributed by atoms with Crippen molar-refractivity contribution in [2.24, 2.45) is 5.92 Å². The number of aromatic nitrogens is 6. The fraction of sp³-hybridized carbons (Fsp3) is 0.273. The highest BCUT2D eigenvalue weighted by Gasteiger charge is 2.37. The van der Waals surface area contributed by atoms with Gasteiger partial charge in [-0.1, -0.05) is 6.07 Å². The monoisotopic (exact) mass is 413 g/mol. The first-order valence-electron chi connectivity index (χ1n) is 10.3. The van der Waals surface area contributed by atoms with Crippen molar-refractivity contribution >= 4 is 11.7 Å². The maximum Gasteiger partial charge on any atom is 0.293 e. The van der Waals surface area contributed by atoms with E-state index in [1.54, 1.807) is 36.9 Å². The molecule has 1 amide bonds. The Hall–Kier alpha value is -3.88. The van der Waals surface area contributed by atoms with Crippen LogP contribution in [0, 0.1) is 5.92 Å². The summed E-state index contributed by atoms with van der Waals surface area (Å²) in [4.78, 5) is 40.4. The molecule has 2 bridgehead atoms. The van der Waals surface area contributed by atoms with Crippen LogP contribution in [-0.2, 0) is 6.54 Å². The van der Waals surface area contributed by atoms with Gasteiger partial charge in [-0.15, -0.1) is 5.10 Å². The second kappa shape index (κ2) is 6.83. The Morgan fingerprint density at radius 2 is 2.00 bits per heavy atom. The number of likely N-dealkylation sites (tertiary alicyclic amines) is 1. The lowest BCUT2D eigenvalue weighted by atomic mass is 9.82. The molecule has 0 radical (unpaired) electrons. The molecule has 0 aliphatic carbocycles. The molecule has 2 aliphatic heterocycles. The SMILES string of the molecule is O=C(c1nc2ncccn2n1)N1C[C@@H]2C[C@H](C1)c1cc(-c3cccnc3)cc(=O)n1C2. The first-order chi connectivity index (χ1) is 15.2. The molecule has 0 spiro atoms. The van der Waals surface area contributed by atoms with E-state index in [2.05, 4.69) is 26.1 Å². The van der Waals surface area contributed by atoms with E-state index in [0.29, 0.717) is 25.4 Å². The molecule has 4 aromatic heterocycles. The van der Waals surface area contributed by atoms with Gasteiger partial charge in [-0.25, -0.2) is 9.50 Å². The van der Waals surface area contributed by atoms with Gasteiger partial charge in [-0.05, 0) is 36.1 Å². The molecule has 31 heavy (non-hydrogen) atoms. The van der Waals surface area contributed by atoms with Crippen molar-refractivity contribution in [2.45, 2.75) is 18.9 Å². The molecule has 1 saturated heterocycles. The van der Waals surface area contributed by atoms with Crippen LogP contribution in [0.1, 0.15) is 28.7 Å². The molecule has 6 heterocycles. The van der Waals surface area contributed by atoms with Gasteiger partial charge >= 0.3 is 0 Å². The Kier molecular flexibility index (Phi) is 3.95. The maximum atomic E-state index is 13.2. The minimum atomic E-state index is -0.195. The topological polar surface area (TPSA) is 98.3 Å². The van der Waals surface area contributed by atoms with E-state index < -0.39 is 0 Å². The molecule has 154 valence electrons. The summed E-state index contributed by atoms with van der Waals surface area (Å²) < 4.78 is 3.38. The number of nitrogens with zero attached hydrogens (tertiary/aromatic N) is 7. The second-order valence-electron chi connectivity index (χ2n) is 8.17. The van der Waals surface area contributed by atoms with Gasteiger partial charge in [-0.3, -0.25) is 14.6 Å². The maximum absolute atomic E-state index is 13.2. The molecule has 0 N–H and O–H groups in total. The van der Waals surface area contributed by atoms with Crippen LogP contribution in [0.3, 0.4) is 0 Å². The van der Waals surface area contributed by atoms with Crippen LogP contribution >= 0.6 is 0 Å². The van der Waals surface area contributed by atoms with Crippen molar-refractivity contribution in [3.05, 3.63) is 77.0 Å². The first kappa shape index (κ1) is 17.9. The van der Waals surface area contributed by atoms with Gasteiger partial charge in [0.2, 0.25) is 5.82 Å². The summed E-state index contributed by atoms with van der Waals surface area (Å²) in [6.45, 7) is 1.74. The molecule has 6 rings (SSSR count). The molecule has 0 saturated carbocycles. The van der Waals surface area contributed by atoms with Gasteiger partial charge in [-0.2, -0.15) is 4.98 Å². The van der Waals surface area contributed by atoms with E-state index in [1.807, 2.05) is 21.6 Å². The molecule has 0 unspecified atom stereocenters. The third-order valence-electron chi connectivity index (χ3n) is 6.15. The van der Waals surface area contributed by atoms with Crippen LogP contribution in [0.15, 0.2) is 59.9 Å². The van der Waals surface area contributed by atoms with Gasteiger partial charge in [0, 0.05) is 67.7 Å². The Balaban J connectivity index is 1.34. The van der Waals surface area contributed by atoms with Crippen LogP contribution in [-0.4, -0.2) is 53.0 Å². The smallest absolute Gasteiger partial charge is 0.293 e. The highest BCUT2D eigenvalue weighted by atomic mass is 16.2. The summed E-state index contributed by atoms with van der Waals surface area (Å²) in [5.41, 5.74) is 2.75. The zero-order valence-electron chi connectivity index (χ0n) is 16.6. The molecule has 9 nitrogen and oxygen atoms in total. The minimum absolute atomic E-state index is 0.000999. The molecule has 4 aromatic rings. The Labute approximate surface area is 177 Å². The van der Waals surface area contributed by atoms with Crippen molar-refractivity contribution in [1.29, 1.82) is 0 Å². The van der Waals surface area contributed by atoms with E-state index in [0.717, 1.165) is 23.2 Å². The molecule has 9 heteroatoms. The normalized spacial score (nSPS) is 19.9. The summed E-state index contributed by atoms with van der Waals surface area (Å²) in [6.07, 6.45) is 7.78. The van der Waals surface area contributed by atoms with Crippen molar-refractivity contribution < 1.29 is 4.79 Å². The van der Waals surface area contributed by atoms with Crippen LogP contribution in [0.5, 0.6) is 0 Å². The summed E-state index contributed by atoms with van der Waals surface area (Å²) in [7, 11) is 0. The minimum Gasteiger partial charge on any atom is -0.335 e. The number of piperidine rings is 1. The fourth-order valence-electron chi connectivity index (χ4n) is 4.79. The number of fused-ring (bicyclic) bond motifs is 5. The quantitative estimate of drug-likeness (QED) is 0.495. The molecule has 2 atom stereocenters. The summed E-state index contributed by atoms with van der Waals surface area (Å²) in [5, 5.41) is 4.28. The largest absolute Gasteiger partial charge is 0.335 e. The van der Waals surface area contributed by atoms with E-state index >= 15 is 0 Å². The highest BCUT2D eigenvalue weighted by Crippen LogP contribution is 2.36. The second-order valence-corrected chi connectivity index (χ2v) is 8.17. The van der Waals surface area contributed by atoms with Crippen molar-refractivity contribution in [3.63, 3.8) is 0 Å². The number of amides is 1. The summed E-state index contributed by atoms with van der Waals surface area (Å²) >= 11 is 0. The number of pyridine rings is 2. The number of hydrogen-bond acceptors (Lipinski definition) is 6. The zero-order valence-corrected chi connectivity index (χ0v) is 16.6. The third-order valence-corrected chi connectivity index (χ3v) is 6.15. The van der Waals surface area contributed by atoms with Gasteiger partial charge in [0.1, 0.15) is 0 Å². The Morgan fingerprint density at radius 3 is 2.84 bits per heavy atom. The van der Waals surface area contributed by atoms with E-state index in [4.69, 9.17) is 0 Å². The van der Waals surface area contributed by atoms with Crippen LogP contribution in [0.4, 0.5) is 0 Å². The summed E-state index contributed by atoms with van der Waals surface area (Å²) in [5.74, 6) is 0.684. The highest BCUT2D eigenvalue weighted by molar-refractivity contribution is 5.91. The number of carbonyl (C=O) groups excluding carboxylic acids is 1. The molecular formula is C22H19N7O2. The average Bonchev–Trinajstić information content (AvgIpc) is 3.24. The molecule has 1 fully saturated rings. The lowest BCUT2D eigenvalue weighted by Crippen LogP contribution is -2.49. The van der Waals surface area contributed by atoms with Crippen LogP contribution in [0.25, 0.3) is 16.9 Å². The third kappa shape index (κ3) is 3.00. The lowest BCUT2D eigenvalue weighted by Gasteiger charge is -2.42. The van der Waals surface area contributed by atoms with Gasteiger partial charge in [0.25, 0.3) is 17.2 Å². The number of rotatable bonds is 2. The van der Waals surface area contributed by atoms with E-state index in [9.17, 15) is 9.59 Å². The predicted octanol–water partition coefficient (Wildman–Crippen LogP) is 1.61. The standard InChI is InChI=1S/C22H19N7O2/c30-19-9-16(15-3-1-4-23-10-15)8-18-17-7-14(12-28(18)19)11-27(13-17)21(31)20-25-22-24-5-2-6-29(22)26-20/h1-6,8-10,14,17H,7,11-13H2/t14-,17+/m0/s1. The Bertz CT molecular complexity index is 1330. The van der Waals surface area contributed by atoms with Crippen molar-refractivity contribution in [1.82, 2.24) is 34.0 Å². The predicted molar refractivity (Wildman–Crippen MR) is 111 cm³/mol. The lowest BCUT2D eigenvalue weighted by molar-refractivity contribution is 0.0583. The number of carbonyl (C=O) groups is 1. The molecular weight excluding hydrogens is 394 g/mol. The van der Waals surface area contributed by atoms with Crippen LogP contribution < -0.4 is 5.56 Å². The zero-order chi connectivity index (χ0) is 20.9. The van der Waals surface area contributed by atoms with Crippen molar-refractivity contribution in [3.8, 4) is 11.1 Å². The first-order valence-corrected chi connectivity index (χ1v) is 10.3. The number of hydrogen-bond donors (Lipinski definition) is 0. The van der Waals surface area contributed by atoms with Gasteiger partial charge in [0.05, 0.1) is 0 Å². The van der Waals surface area contributed by atoms with Crippen LogP contribution in [0.2, 0.25) is 0 Å². The average molecular weight is 413 g/mol. The Morgan fingerprint density at radius 1 is 1.06 bits per heavy atom. The van der Waals surface area contributed by atoms with E-state index in [-0.39, 0.29) is 29.1 Å². The summed E-state index contributed by atoms with van der Waals surface area (Å²) in [6, 6.07) is 9.30. The van der Waals surface area contributed by atoms with Gasteiger partial charge in [0.15, 0.2) is 0 Å².